The molecule has 4 N–H and O–H groups in total. The van der Waals surface area contributed by atoms with Gasteiger partial charge in [0.25, 0.3) is 0 Å². The van der Waals surface area contributed by atoms with E-state index in [0.717, 1.165) is 0 Å². The molecule has 0 fully saturated rings. The van der Waals surface area contributed by atoms with Gasteiger partial charge in [0.05, 0.1) is 11.9 Å². The van der Waals surface area contributed by atoms with E-state index >= 15 is 0 Å². The Bertz CT molecular complexity index is 145. The van der Waals surface area contributed by atoms with Gasteiger partial charge in [0.15, 0.2) is 0 Å². The normalized spacial score (nSPS) is 12.2. The first-order valence-corrected chi connectivity index (χ1v) is 2.24. The van der Waals surface area contributed by atoms with Crippen molar-refractivity contribution < 1.29 is 65.0 Å². The molecule has 0 aromatic heterocycles. The van der Waals surface area contributed by atoms with E-state index in [1.807, 2.05) is 0 Å². The zero-order valence-electron chi connectivity index (χ0n) is 6.63. The largest absolute Gasteiger partial charge is 1.00 e. The number of aliphatic hydroxyl groups is 2. The Hall–Kier alpha value is 0.638. The molecule has 0 aromatic rings. The molecule has 0 rings (SSSR count). The molecule has 0 amide bonds. The first-order chi connectivity index (χ1) is 4.46. The molecule has 0 saturated heterocycles. The smallest absolute Gasteiger partial charge is 0.547 e. The number of carbonyl (C=O) groups is 2. The molecule has 3 radical (unpaired) electrons. The Morgan fingerprint density at radius 1 is 1.00 bits per heavy atom. The predicted molar refractivity (Wildman–Crippen MR) is 31.4 cm³/mol. The molecule has 0 unspecified atom stereocenters. The van der Waals surface area contributed by atoms with E-state index in [2.05, 4.69) is 0 Å². The molecule has 2 atom stereocenters. The van der Waals surface area contributed by atoms with Gasteiger partial charge in [-0.25, -0.2) is 0 Å². The summed E-state index contributed by atoms with van der Waals surface area (Å²) < 4.78 is 0. The molecule has 0 aliphatic heterocycles. The molecule has 0 heterocycles. The summed E-state index contributed by atoms with van der Waals surface area (Å²) in [5.41, 5.74) is 0. The average Bonchev–Trinajstić information content (AvgIpc) is 1.84. The van der Waals surface area contributed by atoms with E-state index in [1.54, 1.807) is 0 Å². The van der Waals surface area contributed by atoms with E-state index in [4.69, 9.17) is 10.2 Å². The second-order valence-corrected chi connectivity index (χ2v) is 1.53. The van der Waals surface area contributed by atoms with Gasteiger partial charge in [0, 0.05) is 24.4 Å². The van der Waals surface area contributed by atoms with Crippen LogP contribution in [0.25, 0.3) is 0 Å². The molecular weight excluding hydrogens is 305 g/mol. The Morgan fingerprint density at radius 2 is 1.15 bits per heavy atom. The average molecular weight is 311 g/mol. The van der Waals surface area contributed by atoms with Gasteiger partial charge in [-0.3, -0.25) is 0 Å². The molecule has 0 aliphatic rings. The van der Waals surface area contributed by atoms with Crippen molar-refractivity contribution >= 4 is 36.4 Å². The van der Waals surface area contributed by atoms with Crippen molar-refractivity contribution in [3.05, 3.63) is 0 Å². The van der Waals surface area contributed by atoms with Gasteiger partial charge in [-0.05, 0) is 0 Å². The third-order valence-corrected chi connectivity index (χ3v) is 0.782. The fraction of sp³-hybridized carbons (Fsp3) is 0.500. The van der Waals surface area contributed by atoms with Crippen LogP contribution in [0.5, 0.6) is 0 Å². The monoisotopic (exact) mass is 310 g/mol. The maximum atomic E-state index is 9.63. The number of hydrogen-bond donors (Lipinski definition) is 2. The van der Waals surface area contributed by atoms with Crippen molar-refractivity contribution in [2.45, 2.75) is 12.2 Å². The second kappa shape index (κ2) is 10.7. The Balaban J connectivity index is -0.000000135. The number of hydrogen-bond acceptors (Lipinski definition) is 6. The number of carboxylic acid groups (broad SMARTS) is 2. The number of aliphatic hydroxyl groups excluding tert-OH is 2. The van der Waals surface area contributed by atoms with E-state index in [1.165, 1.54) is 0 Å². The fourth-order valence-electron chi connectivity index (χ4n) is 0.258. The number of rotatable bonds is 3. The molecule has 7 nitrogen and oxygen atoms in total. The van der Waals surface area contributed by atoms with Gasteiger partial charge in [0.2, 0.25) is 0 Å². The minimum absolute atomic E-state index is 0. The minimum Gasteiger partial charge on any atom is -0.547 e. The van der Waals surface area contributed by atoms with Crippen molar-refractivity contribution in [3.8, 4) is 0 Å². The molecule has 0 saturated carbocycles. The number of aliphatic carboxylic acids is 2. The number of carbonyl (C=O) groups excluding carboxylic acids is 2. The van der Waals surface area contributed by atoms with Crippen LogP contribution in [-0.2, 0) is 9.59 Å². The van der Waals surface area contributed by atoms with Gasteiger partial charge >= 0.3 is 29.6 Å². The molecule has 0 bridgehead atoms. The zero-order valence-corrected chi connectivity index (χ0v) is 11.2. The third kappa shape index (κ3) is 8.95. The van der Waals surface area contributed by atoms with Crippen LogP contribution >= 0.6 is 0 Å². The Morgan fingerprint density at radius 3 is 1.23 bits per heavy atom. The van der Waals surface area contributed by atoms with E-state index in [9.17, 15) is 19.8 Å². The van der Waals surface area contributed by atoms with Gasteiger partial charge in [-0.15, -0.1) is 0 Å². The van der Waals surface area contributed by atoms with Crippen molar-refractivity contribution in [1.82, 2.24) is 0 Å². The molecule has 9 heteroatoms. The van der Waals surface area contributed by atoms with E-state index in [-0.39, 0.29) is 59.5 Å². The zero-order chi connectivity index (χ0) is 8.31. The molecule has 0 spiro atoms. The number of carboxylic acids is 2. The molecule has 0 aliphatic carbocycles. The predicted octanol–water partition coefficient (Wildman–Crippen LogP) is -8.99. The van der Waals surface area contributed by atoms with Crippen LogP contribution in [0.3, 0.4) is 0 Å². The summed E-state index contributed by atoms with van der Waals surface area (Å²) in [6.45, 7) is 0. The summed E-state index contributed by atoms with van der Waals surface area (Å²) in [4.78, 5) is 19.3. The van der Waals surface area contributed by atoms with Gasteiger partial charge in [-0.1, -0.05) is 0 Å². The summed E-state index contributed by atoms with van der Waals surface area (Å²) in [6, 6.07) is 0. The van der Waals surface area contributed by atoms with Crippen LogP contribution in [0.15, 0.2) is 0 Å². The van der Waals surface area contributed by atoms with Crippen LogP contribution in [0.2, 0.25) is 0 Å². The summed E-state index contributed by atoms with van der Waals surface area (Å²) in [6.07, 6.45) is -4.88. The summed E-state index contributed by atoms with van der Waals surface area (Å²) >= 11 is 0. The molecule has 71 valence electrons. The topological polar surface area (TPSA) is 152 Å². The fourth-order valence-corrected chi connectivity index (χ4v) is 0.258. The summed E-state index contributed by atoms with van der Waals surface area (Å²) in [5.74, 6) is -4.12. The Labute approximate surface area is 113 Å². The minimum atomic E-state index is -2.44. The van der Waals surface area contributed by atoms with Crippen molar-refractivity contribution in [2.75, 3.05) is 0 Å². The molecule has 13 heavy (non-hydrogen) atoms. The van der Waals surface area contributed by atoms with Gasteiger partial charge < -0.3 is 35.5 Å². The maximum Gasteiger partial charge on any atom is 1.00 e. The Kier molecular flexibility index (Phi) is 19.3. The van der Waals surface area contributed by atoms with Crippen LogP contribution in [0, 0.1) is 0 Å². The second-order valence-electron chi connectivity index (χ2n) is 1.53. The quantitative estimate of drug-likeness (QED) is 0.494. The first kappa shape index (κ1) is 23.4. The summed E-state index contributed by atoms with van der Waals surface area (Å²) in [5, 5.41) is 35.7. The van der Waals surface area contributed by atoms with Crippen LogP contribution in [-0.4, -0.2) is 64.3 Å². The van der Waals surface area contributed by atoms with E-state index < -0.39 is 24.1 Å². The van der Waals surface area contributed by atoms with Crippen molar-refractivity contribution in [3.63, 3.8) is 0 Å². The van der Waals surface area contributed by atoms with Gasteiger partial charge in [-0.2, -0.15) is 0 Å². The molecular formula is C4H6NaO7Sb-. The third-order valence-electron chi connectivity index (χ3n) is 0.782. The first-order valence-electron chi connectivity index (χ1n) is 2.24. The van der Waals surface area contributed by atoms with E-state index in [0.29, 0.717) is 0 Å². The van der Waals surface area contributed by atoms with Crippen LogP contribution < -0.4 is 39.8 Å². The van der Waals surface area contributed by atoms with Crippen molar-refractivity contribution in [1.29, 1.82) is 0 Å². The van der Waals surface area contributed by atoms with Crippen LogP contribution in [0.4, 0.5) is 0 Å². The van der Waals surface area contributed by atoms with Gasteiger partial charge in [0.1, 0.15) is 12.2 Å². The SMILES string of the molecule is O.O=C([O-])[C@H](O)[C@@H](O)C(=O)[O-].[Na+].[Sb]. The summed E-state index contributed by atoms with van der Waals surface area (Å²) in [7, 11) is 0. The standard InChI is InChI=1S/C4H6O6.Na.H2O.Sb/c5-1(3(7)8)2(6)4(9)10;;;/h1-2,5-6H,(H,7,8)(H,9,10);;1H2;/q;+1;;/p-2/t1-,2-;;;/m1.../s1. The van der Waals surface area contributed by atoms with Crippen molar-refractivity contribution in [2.24, 2.45) is 0 Å². The maximum absolute atomic E-state index is 9.63. The van der Waals surface area contributed by atoms with Crippen LogP contribution in [0.1, 0.15) is 0 Å². The molecule has 0 aromatic carbocycles.